The lowest BCUT2D eigenvalue weighted by Crippen LogP contribution is -2.09. The molecule has 0 saturated carbocycles. The standard InChI is InChI=1S/C66H47N/c1-4-16-48(17-5-1)50-28-32-52(33-29-50)54-36-42-58(43-37-54)67(59-44-38-55(39-45-59)53-34-30-51(31-35-53)49-18-6-2-7-19-49)60-46-40-57(41-47-60)62-23-11-13-25-64(62)66-27-15-14-26-65(66)63-24-12-10-22-61(63)56-20-8-3-9-21-56/h1-47H. The Morgan fingerprint density at radius 1 is 0.134 bits per heavy atom. The molecule has 0 aliphatic rings. The molecule has 1 heteroatoms. The maximum absolute atomic E-state index is 2.36. The minimum Gasteiger partial charge on any atom is -0.311 e. The van der Waals surface area contributed by atoms with Gasteiger partial charge in [-0.3, -0.25) is 0 Å². The van der Waals surface area contributed by atoms with E-state index in [9.17, 15) is 0 Å². The van der Waals surface area contributed by atoms with E-state index >= 15 is 0 Å². The molecule has 0 amide bonds. The first kappa shape index (κ1) is 41.0. The largest absolute Gasteiger partial charge is 0.311 e. The normalized spacial score (nSPS) is 11.0. The molecular weight excluding hydrogens is 807 g/mol. The van der Waals surface area contributed by atoms with Crippen molar-refractivity contribution in [2.75, 3.05) is 4.90 Å². The molecule has 0 aliphatic carbocycles. The summed E-state index contributed by atoms with van der Waals surface area (Å²) in [5.74, 6) is 0. The van der Waals surface area contributed by atoms with Crippen molar-refractivity contribution in [1.29, 1.82) is 0 Å². The summed E-state index contributed by atoms with van der Waals surface area (Å²) in [7, 11) is 0. The highest BCUT2D eigenvalue weighted by Gasteiger charge is 2.18. The molecule has 11 aromatic rings. The SMILES string of the molecule is c1ccc(-c2ccc(-c3ccc(N(c4ccc(-c5ccc(-c6ccccc6)cc5)cc4)c4ccc(-c5ccccc5-c5ccccc5-c5ccccc5-c5ccccc5)cc4)cc3)cc2)cc1. The first-order valence-corrected chi connectivity index (χ1v) is 23.0. The summed E-state index contributed by atoms with van der Waals surface area (Å²) in [5.41, 5.74) is 22.5. The Labute approximate surface area is 394 Å². The summed E-state index contributed by atoms with van der Waals surface area (Å²) in [4.78, 5) is 2.36. The van der Waals surface area contributed by atoms with Crippen LogP contribution in [0.3, 0.4) is 0 Å². The van der Waals surface area contributed by atoms with Crippen LogP contribution in [0, 0.1) is 0 Å². The molecule has 0 aromatic heterocycles. The van der Waals surface area contributed by atoms with Gasteiger partial charge in [-0.1, -0.05) is 249 Å². The van der Waals surface area contributed by atoms with Gasteiger partial charge in [-0.2, -0.15) is 0 Å². The van der Waals surface area contributed by atoms with Crippen molar-refractivity contribution < 1.29 is 0 Å². The Balaban J connectivity index is 0.939. The van der Waals surface area contributed by atoms with Crippen molar-refractivity contribution in [2.24, 2.45) is 0 Å². The van der Waals surface area contributed by atoms with E-state index in [0.29, 0.717) is 0 Å². The third-order valence-corrected chi connectivity index (χ3v) is 12.8. The average molecular weight is 854 g/mol. The molecule has 0 spiro atoms. The molecule has 0 radical (unpaired) electrons. The van der Waals surface area contributed by atoms with E-state index < -0.39 is 0 Å². The van der Waals surface area contributed by atoms with Gasteiger partial charge in [0.1, 0.15) is 0 Å². The van der Waals surface area contributed by atoms with Gasteiger partial charge in [0.25, 0.3) is 0 Å². The molecule has 0 unspecified atom stereocenters. The summed E-state index contributed by atoms with van der Waals surface area (Å²) in [5, 5.41) is 0. The fourth-order valence-electron chi connectivity index (χ4n) is 9.32. The second-order valence-corrected chi connectivity index (χ2v) is 16.9. The Morgan fingerprint density at radius 2 is 0.313 bits per heavy atom. The lowest BCUT2D eigenvalue weighted by Gasteiger charge is -2.26. The van der Waals surface area contributed by atoms with Gasteiger partial charge in [-0.05, 0) is 125 Å². The molecule has 67 heavy (non-hydrogen) atoms. The zero-order valence-corrected chi connectivity index (χ0v) is 37.1. The highest BCUT2D eigenvalue weighted by molar-refractivity contribution is 5.96. The second kappa shape index (κ2) is 18.7. The second-order valence-electron chi connectivity index (χ2n) is 16.9. The smallest absolute Gasteiger partial charge is 0.0462 e. The van der Waals surface area contributed by atoms with Gasteiger partial charge in [0.15, 0.2) is 0 Å². The van der Waals surface area contributed by atoms with E-state index in [0.717, 1.165) is 22.6 Å². The van der Waals surface area contributed by atoms with E-state index in [4.69, 9.17) is 0 Å². The fraction of sp³-hybridized carbons (Fsp3) is 0. The van der Waals surface area contributed by atoms with Crippen LogP contribution >= 0.6 is 0 Å². The molecule has 11 rings (SSSR count). The predicted molar refractivity (Wildman–Crippen MR) is 285 cm³/mol. The lowest BCUT2D eigenvalue weighted by molar-refractivity contribution is 1.28. The van der Waals surface area contributed by atoms with Gasteiger partial charge < -0.3 is 4.90 Å². The average Bonchev–Trinajstić information content (AvgIpc) is 3.42. The number of hydrogen-bond acceptors (Lipinski definition) is 1. The molecule has 0 bridgehead atoms. The topological polar surface area (TPSA) is 3.24 Å². The molecule has 1 nitrogen and oxygen atoms in total. The predicted octanol–water partition coefficient (Wildman–Crippen LogP) is 18.5. The van der Waals surface area contributed by atoms with Gasteiger partial charge in [-0.25, -0.2) is 0 Å². The van der Waals surface area contributed by atoms with Crippen molar-refractivity contribution in [3.05, 3.63) is 285 Å². The first-order chi connectivity index (χ1) is 33.2. The molecule has 0 atom stereocenters. The van der Waals surface area contributed by atoms with Crippen molar-refractivity contribution in [3.8, 4) is 89.0 Å². The maximum atomic E-state index is 2.36. The van der Waals surface area contributed by atoms with E-state index in [1.54, 1.807) is 0 Å². The van der Waals surface area contributed by atoms with E-state index in [2.05, 4.69) is 290 Å². The van der Waals surface area contributed by atoms with Crippen molar-refractivity contribution in [2.45, 2.75) is 0 Å². The molecule has 0 N–H and O–H groups in total. The highest BCUT2D eigenvalue weighted by Crippen LogP contribution is 2.43. The number of nitrogens with zero attached hydrogens (tertiary/aromatic N) is 1. The maximum Gasteiger partial charge on any atom is 0.0462 e. The molecule has 11 aromatic carbocycles. The number of hydrogen-bond donors (Lipinski definition) is 0. The van der Waals surface area contributed by atoms with E-state index in [-0.39, 0.29) is 0 Å². The van der Waals surface area contributed by atoms with Crippen LogP contribution in [-0.4, -0.2) is 0 Å². The van der Waals surface area contributed by atoms with Crippen LogP contribution < -0.4 is 4.90 Å². The summed E-state index contributed by atoms with van der Waals surface area (Å²) in [6.45, 7) is 0. The van der Waals surface area contributed by atoms with E-state index in [1.807, 2.05) is 0 Å². The monoisotopic (exact) mass is 853 g/mol. The van der Waals surface area contributed by atoms with Crippen LogP contribution in [0.5, 0.6) is 0 Å². The first-order valence-electron chi connectivity index (χ1n) is 23.0. The minimum absolute atomic E-state index is 1.08. The number of rotatable bonds is 11. The quantitative estimate of drug-likeness (QED) is 0.125. The molecule has 0 heterocycles. The summed E-state index contributed by atoms with van der Waals surface area (Å²) in [6.07, 6.45) is 0. The molecule has 316 valence electrons. The molecule has 0 saturated heterocycles. The van der Waals surface area contributed by atoms with Gasteiger partial charge in [0, 0.05) is 17.1 Å². The lowest BCUT2D eigenvalue weighted by atomic mass is 9.87. The van der Waals surface area contributed by atoms with Crippen LogP contribution in [0.15, 0.2) is 285 Å². The fourth-order valence-corrected chi connectivity index (χ4v) is 9.32. The molecule has 0 fully saturated rings. The van der Waals surface area contributed by atoms with Gasteiger partial charge in [0.05, 0.1) is 0 Å². The van der Waals surface area contributed by atoms with Gasteiger partial charge >= 0.3 is 0 Å². The zero-order chi connectivity index (χ0) is 44.8. The van der Waals surface area contributed by atoms with Crippen LogP contribution in [0.25, 0.3) is 89.0 Å². The minimum atomic E-state index is 1.08. The number of benzene rings is 11. The molecular formula is C66H47N. The van der Waals surface area contributed by atoms with Crippen molar-refractivity contribution in [1.82, 2.24) is 0 Å². The summed E-state index contributed by atoms with van der Waals surface area (Å²) < 4.78 is 0. The Kier molecular flexibility index (Phi) is 11.5. The van der Waals surface area contributed by atoms with Crippen LogP contribution in [0.2, 0.25) is 0 Å². The Morgan fingerprint density at radius 3 is 0.612 bits per heavy atom. The summed E-state index contributed by atoms with van der Waals surface area (Å²) in [6, 6.07) is 103. The van der Waals surface area contributed by atoms with Gasteiger partial charge in [0.2, 0.25) is 0 Å². The van der Waals surface area contributed by atoms with E-state index in [1.165, 1.54) is 83.5 Å². The van der Waals surface area contributed by atoms with Crippen molar-refractivity contribution >= 4 is 17.1 Å². The third kappa shape index (κ3) is 8.63. The highest BCUT2D eigenvalue weighted by atomic mass is 15.1. The summed E-state index contributed by atoms with van der Waals surface area (Å²) >= 11 is 0. The van der Waals surface area contributed by atoms with Crippen LogP contribution in [-0.2, 0) is 0 Å². The Bertz CT molecular complexity index is 3250. The number of anilines is 3. The van der Waals surface area contributed by atoms with Crippen LogP contribution in [0.4, 0.5) is 17.1 Å². The third-order valence-electron chi connectivity index (χ3n) is 12.8. The van der Waals surface area contributed by atoms with Crippen molar-refractivity contribution in [3.63, 3.8) is 0 Å². The van der Waals surface area contributed by atoms with Crippen LogP contribution in [0.1, 0.15) is 0 Å². The zero-order valence-electron chi connectivity index (χ0n) is 37.1. The van der Waals surface area contributed by atoms with Gasteiger partial charge in [-0.15, -0.1) is 0 Å². The molecule has 0 aliphatic heterocycles. The Hall–Kier alpha value is -8.78.